The molecular weight excluding hydrogens is 336 g/mol. The van der Waals surface area contributed by atoms with Gasteiger partial charge in [0.2, 0.25) is 0 Å². The zero-order valence-corrected chi connectivity index (χ0v) is 14.4. The number of aliphatic carboxylic acids is 1. The molecule has 0 unspecified atom stereocenters. The third-order valence-corrected chi connectivity index (χ3v) is 4.88. The Bertz CT molecular complexity index is 731. The van der Waals surface area contributed by atoms with Crippen molar-refractivity contribution in [2.75, 3.05) is 6.61 Å². The van der Waals surface area contributed by atoms with Crippen LogP contribution in [0, 0.1) is 13.8 Å². The van der Waals surface area contributed by atoms with Gasteiger partial charge >= 0.3 is 5.97 Å². The molecule has 0 aliphatic rings. The maximum atomic E-state index is 10.6. The number of aliphatic hydroxyl groups is 1. The summed E-state index contributed by atoms with van der Waals surface area (Å²) < 4.78 is 5.28. The van der Waals surface area contributed by atoms with Crippen LogP contribution in [0.2, 0.25) is 5.02 Å². The van der Waals surface area contributed by atoms with Crippen molar-refractivity contribution in [2.45, 2.75) is 30.2 Å². The van der Waals surface area contributed by atoms with Crippen LogP contribution >= 0.6 is 23.4 Å². The molecule has 0 amide bonds. The van der Waals surface area contributed by atoms with Crippen molar-refractivity contribution in [1.29, 1.82) is 0 Å². The predicted octanol–water partition coefficient (Wildman–Crippen LogP) is 4.06. The highest BCUT2D eigenvalue weighted by Gasteiger charge is 2.10. The Kier molecular flexibility index (Phi) is 5.93. The van der Waals surface area contributed by atoms with E-state index in [0.29, 0.717) is 10.8 Å². The van der Waals surface area contributed by atoms with Gasteiger partial charge in [-0.1, -0.05) is 29.4 Å². The molecule has 0 aliphatic heterocycles. The van der Waals surface area contributed by atoms with Crippen LogP contribution in [-0.4, -0.2) is 22.8 Å². The van der Waals surface area contributed by atoms with Gasteiger partial charge in [-0.25, -0.2) is 4.79 Å². The molecule has 0 saturated heterocycles. The molecule has 2 rings (SSSR count). The first kappa shape index (κ1) is 17.7. The number of hydrogen-bond donors (Lipinski definition) is 2. The minimum Gasteiger partial charge on any atom is -0.482 e. The van der Waals surface area contributed by atoms with Crippen molar-refractivity contribution >= 4 is 29.3 Å². The Balaban J connectivity index is 2.23. The van der Waals surface area contributed by atoms with E-state index < -0.39 is 5.97 Å². The highest BCUT2D eigenvalue weighted by molar-refractivity contribution is 7.99. The SMILES string of the molecule is Cc1cc(Sc2ccc(CO)cc2Cl)c(C)cc1OCC(=O)O. The van der Waals surface area contributed by atoms with Gasteiger partial charge in [-0.15, -0.1) is 0 Å². The Labute approximate surface area is 144 Å². The molecule has 0 spiro atoms. The lowest BCUT2D eigenvalue weighted by Crippen LogP contribution is -2.10. The van der Waals surface area contributed by atoms with Crippen LogP contribution < -0.4 is 4.74 Å². The van der Waals surface area contributed by atoms with Crippen LogP contribution in [0.5, 0.6) is 5.75 Å². The van der Waals surface area contributed by atoms with E-state index in [-0.39, 0.29) is 13.2 Å². The fourth-order valence-electron chi connectivity index (χ4n) is 2.01. The number of benzene rings is 2. The van der Waals surface area contributed by atoms with Gasteiger partial charge in [-0.3, -0.25) is 0 Å². The summed E-state index contributed by atoms with van der Waals surface area (Å²) in [6, 6.07) is 9.24. The third kappa shape index (κ3) is 4.64. The molecule has 4 nitrogen and oxygen atoms in total. The number of halogens is 1. The number of hydrogen-bond acceptors (Lipinski definition) is 4. The molecule has 23 heavy (non-hydrogen) atoms. The number of rotatable bonds is 6. The number of ether oxygens (including phenoxy) is 1. The standard InChI is InChI=1S/C17H17ClO4S/c1-10-6-16(11(2)5-14(10)22-9-17(20)21)23-15-4-3-12(8-19)7-13(15)18/h3-7,19H,8-9H2,1-2H3,(H,20,21). The van der Waals surface area contributed by atoms with Crippen molar-refractivity contribution < 1.29 is 19.7 Å². The minimum absolute atomic E-state index is 0.0432. The van der Waals surface area contributed by atoms with Gasteiger partial charge < -0.3 is 14.9 Å². The first-order chi connectivity index (χ1) is 10.9. The summed E-state index contributed by atoms with van der Waals surface area (Å²) in [6.45, 7) is 3.40. The van der Waals surface area contributed by atoms with E-state index in [0.717, 1.165) is 26.5 Å². The van der Waals surface area contributed by atoms with Crippen molar-refractivity contribution in [2.24, 2.45) is 0 Å². The minimum atomic E-state index is -1.00. The number of carboxylic acids is 1. The first-order valence-electron chi connectivity index (χ1n) is 6.93. The highest BCUT2D eigenvalue weighted by Crippen LogP contribution is 2.37. The fraction of sp³-hybridized carbons (Fsp3) is 0.235. The van der Waals surface area contributed by atoms with E-state index in [9.17, 15) is 4.79 Å². The Hall–Kier alpha value is -1.69. The Morgan fingerprint density at radius 3 is 2.52 bits per heavy atom. The molecule has 0 radical (unpaired) electrons. The normalized spacial score (nSPS) is 10.6. The number of aliphatic hydroxyl groups excluding tert-OH is 1. The molecule has 122 valence electrons. The second-order valence-corrected chi connectivity index (χ2v) is 6.58. The molecule has 2 N–H and O–H groups in total. The highest BCUT2D eigenvalue weighted by atomic mass is 35.5. The van der Waals surface area contributed by atoms with Crippen molar-refractivity contribution in [3.63, 3.8) is 0 Å². The predicted molar refractivity (Wildman–Crippen MR) is 90.5 cm³/mol. The molecule has 2 aromatic rings. The molecule has 0 aliphatic carbocycles. The summed E-state index contributed by atoms with van der Waals surface area (Å²) >= 11 is 7.77. The molecule has 0 bridgehead atoms. The van der Waals surface area contributed by atoms with Gasteiger partial charge in [0.05, 0.1) is 11.6 Å². The number of aryl methyl sites for hydroxylation is 2. The zero-order valence-electron chi connectivity index (χ0n) is 12.8. The monoisotopic (exact) mass is 352 g/mol. The van der Waals surface area contributed by atoms with Crippen LogP contribution in [0.1, 0.15) is 16.7 Å². The van der Waals surface area contributed by atoms with Crippen LogP contribution in [0.4, 0.5) is 0 Å². The average Bonchev–Trinajstić information content (AvgIpc) is 2.50. The molecular formula is C17H17ClO4S. The summed E-state index contributed by atoms with van der Waals surface area (Å²) in [5.41, 5.74) is 2.61. The van der Waals surface area contributed by atoms with Crippen molar-refractivity contribution in [3.8, 4) is 5.75 Å². The van der Waals surface area contributed by atoms with Gasteiger partial charge in [0.25, 0.3) is 0 Å². The topological polar surface area (TPSA) is 66.8 Å². The molecule has 0 atom stereocenters. The smallest absolute Gasteiger partial charge is 0.341 e. The van der Waals surface area contributed by atoms with Crippen LogP contribution in [0.15, 0.2) is 40.1 Å². The summed E-state index contributed by atoms with van der Waals surface area (Å²) in [5.74, 6) is -0.438. The Morgan fingerprint density at radius 2 is 1.91 bits per heavy atom. The second-order valence-electron chi connectivity index (χ2n) is 5.09. The molecule has 0 heterocycles. The molecule has 0 fully saturated rings. The van der Waals surface area contributed by atoms with E-state index in [1.165, 1.54) is 11.8 Å². The average molecular weight is 353 g/mol. The van der Waals surface area contributed by atoms with Crippen molar-refractivity contribution in [1.82, 2.24) is 0 Å². The molecule has 2 aromatic carbocycles. The van der Waals surface area contributed by atoms with Gasteiger partial charge in [0.1, 0.15) is 5.75 Å². The fourth-order valence-corrected chi connectivity index (χ4v) is 3.32. The van der Waals surface area contributed by atoms with Gasteiger partial charge in [0.15, 0.2) is 6.61 Å². The second kappa shape index (κ2) is 7.73. The summed E-state index contributed by atoms with van der Waals surface area (Å²) in [7, 11) is 0. The van der Waals surface area contributed by atoms with Crippen molar-refractivity contribution in [3.05, 3.63) is 52.0 Å². The summed E-state index contributed by atoms with van der Waals surface area (Å²) in [4.78, 5) is 12.5. The summed E-state index contributed by atoms with van der Waals surface area (Å²) in [5, 5.41) is 18.4. The van der Waals surface area contributed by atoms with Crippen LogP contribution in [0.3, 0.4) is 0 Å². The molecule has 6 heteroatoms. The molecule has 0 aromatic heterocycles. The lowest BCUT2D eigenvalue weighted by Gasteiger charge is -2.13. The quantitative estimate of drug-likeness (QED) is 0.820. The maximum Gasteiger partial charge on any atom is 0.341 e. The molecule has 0 saturated carbocycles. The van der Waals surface area contributed by atoms with Crippen LogP contribution in [0.25, 0.3) is 0 Å². The van der Waals surface area contributed by atoms with Gasteiger partial charge in [-0.2, -0.15) is 0 Å². The van der Waals surface area contributed by atoms with Gasteiger partial charge in [0, 0.05) is 9.79 Å². The van der Waals surface area contributed by atoms with Crippen LogP contribution in [-0.2, 0) is 11.4 Å². The maximum absolute atomic E-state index is 10.6. The Morgan fingerprint density at radius 1 is 1.17 bits per heavy atom. The lowest BCUT2D eigenvalue weighted by molar-refractivity contribution is -0.139. The largest absolute Gasteiger partial charge is 0.482 e. The van der Waals surface area contributed by atoms with E-state index in [4.69, 9.17) is 26.6 Å². The zero-order chi connectivity index (χ0) is 17.0. The van der Waals surface area contributed by atoms with Gasteiger partial charge in [-0.05, 0) is 54.8 Å². The van der Waals surface area contributed by atoms with E-state index in [2.05, 4.69) is 0 Å². The van der Waals surface area contributed by atoms with E-state index >= 15 is 0 Å². The lowest BCUT2D eigenvalue weighted by atomic mass is 10.1. The van der Waals surface area contributed by atoms with E-state index in [1.807, 2.05) is 38.1 Å². The number of carbonyl (C=O) groups is 1. The first-order valence-corrected chi connectivity index (χ1v) is 8.13. The summed E-state index contributed by atoms with van der Waals surface area (Å²) in [6.07, 6.45) is 0. The number of carboxylic acid groups (broad SMARTS) is 1. The van der Waals surface area contributed by atoms with E-state index in [1.54, 1.807) is 6.07 Å². The third-order valence-electron chi connectivity index (χ3n) is 3.22.